The third-order valence-electron chi connectivity index (χ3n) is 6.82. The van der Waals surface area contributed by atoms with E-state index in [4.69, 9.17) is 20.4 Å². The largest absolute Gasteiger partial charge is 0.381 e. The minimum absolute atomic E-state index is 0.0578. The molecule has 0 atom stereocenters. The zero-order valence-electron chi connectivity index (χ0n) is 19.3. The Morgan fingerprint density at radius 2 is 1.91 bits per heavy atom. The number of hydrogen-bond donors (Lipinski definition) is 3. The topological polar surface area (TPSA) is 120 Å². The number of nitrogens with two attached hydrogens (primary N) is 1. The van der Waals surface area contributed by atoms with Crippen molar-refractivity contribution >= 4 is 34.7 Å². The van der Waals surface area contributed by atoms with Crippen LogP contribution in [0.5, 0.6) is 0 Å². The van der Waals surface area contributed by atoms with E-state index >= 15 is 0 Å². The van der Waals surface area contributed by atoms with Gasteiger partial charge >= 0.3 is 0 Å². The molecule has 1 aliphatic carbocycles. The van der Waals surface area contributed by atoms with Crippen LogP contribution < -0.4 is 16.4 Å². The first kappa shape index (κ1) is 22.5. The molecule has 0 radical (unpaired) electrons. The van der Waals surface area contributed by atoms with Gasteiger partial charge < -0.3 is 21.1 Å². The second-order valence-electron chi connectivity index (χ2n) is 9.25. The van der Waals surface area contributed by atoms with Gasteiger partial charge in [-0.1, -0.05) is 6.07 Å². The number of hydrogen-bond acceptors (Lipinski definition) is 7. The molecule has 10 heteroatoms. The average molecular weight is 468 g/mol. The maximum atomic E-state index is 14.6. The van der Waals surface area contributed by atoms with Gasteiger partial charge in [0.15, 0.2) is 5.65 Å². The molecule has 1 amide bonds. The van der Waals surface area contributed by atoms with Gasteiger partial charge in [0.25, 0.3) is 0 Å². The fourth-order valence-electron chi connectivity index (χ4n) is 4.88. The number of halogens is 1. The molecule has 4 N–H and O–H groups in total. The maximum Gasteiger partial charge on any atom is 0.224 e. The number of rotatable bonds is 6. The van der Waals surface area contributed by atoms with Crippen LogP contribution in [-0.4, -0.2) is 44.7 Å². The summed E-state index contributed by atoms with van der Waals surface area (Å²) in [7, 11) is 0. The van der Waals surface area contributed by atoms with E-state index in [9.17, 15) is 9.18 Å². The second kappa shape index (κ2) is 9.54. The van der Waals surface area contributed by atoms with Gasteiger partial charge in [-0.05, 0) is 63.1 Å². The van der Waals surface area contributed by atoms with Crippen molar-refractivity contribution in [2.45, 2.75) is 57.5 Å². The summed E-state index contributed by atoms with van der Waals surface area (Å²) in [5.74, 6) is 0.345. The molecule has 1 aromatic carbocycles. The van der Waals surface area contributed by atoms with Crippen molar-refractivity contribution in [1.29, 1.82) is 0 Å². The van der Waals surface area contributed by atoms with Crippen LogP contribution in [0.4, 0.5) is 22.0 Å². The van der Waals surface area contributed by atoms with E-state index in [1.165, 1.54) is 6.07 Å². The maximum absolute atomic E-state index is 14.6. The molecular weight excluding hydrogens is 437 g/mol. The molecule has 1 saturated heterocycles. The van der Waals surface area contributed by atoms with E-state index in [1.54, 1.807) is 12.3 Å². The molecule has 3 aromatic rings. The molecule has 0 spiro atoms. The van der Waals surface area contributed by atoms with E-state index < -0.39 is 0 Å². The minimum Gasteiger partial charge on any atom is -0.381 e. The molecule has 0 bridgehead atoms. The first-order chi connectivity index (χ1) is 16.5. The number of nitrogens with zero attached hydrogens (tertiary/aromatic N) is 4. The lowest BCUT2D eigenvalue weighted by Crippen LogP contribution is -2.29. The number of aromatic nitrogens is 4. The Morgan fingerprint density at radius 3 is 2.62 bits per heavy atom. The number of anilines is 3. The van der Waals surface area contributed by atoms with Crippen LogP contribution in [0.15, 0.2) is 24.4 Å². The van der Waals surface area contributed by atoms with Crippen LogP contribution in [0.2, 0.25) is 0 Å². The van der Waals surface area contributed by atoms with Crippen molar-refractivity contribution in [1.82, 2.24) is 19.5 Å². The molecule has 2 aliphatic rings. The standard InChI is InChI=1S/C24H30FN7O2/c1-14-2-7-19(18(25)12-14)29-24-30-20-13-27-23(28-16-8-10-34-11-9-16)31-22(20)32(24)17-5-3-15(4-6-17)21(26)33/h2,7,12-13,15-17H,3-6,8-11H2,1H3,(H2,26,33)(H,29,30)(H,27,28,31). The molecule has 5 rings (SSSR count). The summed E-state index contributed by atoms with van der Waals surface area (Å²) in [6, 6.07) is 5.37. The predicted molar refractivity (Wildman–Crippen MR) is 127 cm³/mol. The number of primary amides is 1. The molecule has 2 fully saturated rings. The quantitative estimate of drug-likeness (QED) is 0.504. The smallest absolute Gasteiger partial charge is 0.224 e. The Labute approximate surface area is 197 Å². The number of nitrogens with one attached hydrogen (secondary N) is 2. The summed E-state index contributed by atoms with van der Waals surface area (Å²) < 4.78 is 22.1. The van der Waals surface area contributed by atoms with Gasteiger partial charge in [0, 0.05) is 31.2 Å². The number of carbonyl (C=O) groups excluding carboxylic acids is 1. The SMILES string of the molecule is Cc1ccc(Nc2nc3cnc(NC4CCOCC4)nc3n2C2CCC(C(N)=O)CC2)c(F)c1. The van der Waals surface area contributed by atoms with Gasteiger partial charge in [-0.3, -0.25) is 9.36 Å². The number of fused-ring (bicyclic) bond motifs is 1. The fourth-order valence-corrected chi connectivity index (χ4v) is 4.88. The third kappa shape index (κ3) is 4.68. The number of ether oxygens (including phenoxy) is 1. The Bertz CT molecular complexity index is 1180. The Kier molecular flexibility index (Phi) is 6.32. The molecule has 1 aliphatic heterocycles. The van der Waals surface area contributed by atoms with Crippen molar-refractivity contribution in [2.24, 2.45) is 11.7 Å². The Morgan fingerprint density at radius 1 is 1.15 bits per heavy atom. The molecule has 34 heavy (non-hydrogen) atoms. The fraction of sp³-hybridized carbons (Fsp3) is 0.500. The summed E-state index contributed by atoms with van der Waals surface area (Å²) in [6.45, 7) is 3.29. The first-order valence-electron chi connectivity index (χ1n) is 11.9. The minimum atomic E-state index is -0.344. The van der Waals surface area contributed by atoms with Crippen LogP contribution in [0.25, 0.3) is 11.2 Å². The van der Waals surface area contributed by atoms with E-state index in [2.05, 4.69) is 15.6 Å². The van der Waals surface area contributed by atoms with Gasteiger partial charge in [0.2, 0.25) is 17.8 Å². The monoisotopic (exact) mass is 467 g/mol. The van der Waals surface area contributed by atoms with Crippen LogP contribution in [0, 0.1) is 18.7 Å². The van der Waals surface area contributed by atoms with Gasteiger partial charge in [-0.2, -0.15) is 4.98 Å². The molecular formula is C24H30FN7O2. The number of imidazole rings is 1. The van der Waals surface area contributed by atoms with Crippen LogP contribution in [-0.2, 0) is 9.53 Å². The lowest BCUT2D eigenvalue weighted by Gasteiger charge is -2.29. The summed E-state index contributed by atoms with van der Waals surface area (Å²) in [5, 5.41) is 6.58. The van der Waals surface area contributed by atoms with Gasteiger partial charge in [0.05, 0.1) is 11.9 Å². The van der Waals surface area contributed by atoms with E-state index in [1.807, 2.05) is 17.6 Å². The van der Waals surface area contributed by atoms with Crippen molar-refractivity contribution < 1.29 is 13.9 Å². The van der Waals surface area contributed by atoms with Crippen molar-refractivity contribution in [3.8, 4) is 0 Å². The highest BCUT2D eigenvalue weighted by Gasteiger charge is 2.29. The van der Waals surface area contributed by atoms with E-state index in [0.29, 0.717) is 41.6 Å². The summed E-state index contributed by atoms with van der Waals surface area (Å²) in [4.78, 5) is 25.7. The normalized spacial score (nSPS) is 21.5. The van der Waals surface area contributed by atoms with E-state index in [0.717, 1.165) is 44.5 Å². The van der Waals surface area contributed by atoms with Crippen LogP contribution in [0.1, 0.15) is 50.1 Å². The van der Waals surface area contributed by atoms with Crippen molar-refractivity contribution in [3.63, 3.8) is 0 Å². The number of benzene rings is 1. The molecule has 9 nitrogen and oxygen atoms in total. The zero-order valence-corrected chi connectivity index (χ0v) is 19.3. The molecule has 1 saturated carbocycles. The number of carbonyl (C=O) groups is 1. The van der Waals surface area contributed by atoms with Gasteiger partial charge in [-0.15, -0.1) is 0 Å². The third-order valence-corrected chi connectivity index (χ3v) is 6.82. The second-order valence-corrected chi connectivity index (χ2v) is 9.25. The van der Waals surface area contributed by atoms with Gasteiger partial charge in [0.1, 0.15) is 11.3 Å². The van der Waals surface area contributed by atoms with Crippen molar-refractivity contribution in [2.75, 3.05) is 23.8 Å². The highest BCUT2D eigenvalue weighted by atomic mass is 19.1. The molecule has 0 unspecified atom stereocenters. The lowest BCUT2D eigenvalue weighted by molar-refractivity contribution is -0.122. The van der Waals surface area contributed by atoms with Crippen LogP contribution >= 0.6 is 0 Å². The average Bonchev–Trinajstić information content (AvgIpc) is 3.19. The number of amides is 1. The summed E-state index contributed by atoms with van der Waals surface area (Å²) in [6.07, 6.45) is 6.43. The molecule has 180 valence electrons. The van der Waals surface area contributed by atoms with E-state index in [-0.39, 0.29) is 29.7 Å². The number of aryl methyl sites for hydroxylation is 1. The highest BCUT2D eigenvalue weighted by molar-refractivity contribution is 5.78. The van der Waals surface area contributed by atoms with Gasteiger partial charge in [-0.25, -0.2) is 14.4 Å². The van der Waals surface area contributed by atoms with Crippen LogP contribution in [0.3, 0.4) is 0 Å². The Hall–Kier alpha value is -3.27. The zero-order chi connectivity index (χ0) is 23.7. The Balaban J connectivity index is 1.50. The summed E-state index contributed by atoms with van der Waals surface area (Å²) in [5.41, 5.74) is 8.05. The lowest BCUT2D eigenvalue weighted by atomic mass is 9.85. The van der Waals surface area contributed by atoms with Crippen molar-refractivity contribution in [3.05, 3.63) is 35.8 Å². The first-order valence-corrected chi connectivity index (χ1v) is 11.9. The predicted octanol–water partition coefficient (Wildman–Crippen LogP) is 3.82. The summed E-state index contributed by atoms with van der Waals surface area (Å²) >= 11 is 0. The molecule has 2 aromatic heterocycles. The highest BCUT2D eigenvalue weighted by Crippen LogP contribution is 2.37. The molecule has 3 heterocycles.